The van der Waals surface area contributed by atoms with Gasteiger partial charge in [0.2, 0.25) is 0 Å². The fourth-order valence-corrected chi connectivity index (χ4v) is 2.41. The van der Waals surface area contributed by atoms with Gasteiger partial charge in [0.05, 0.1) is 6.54 Å². The van der Waals surface area contributed by atoms with Gasteiger partial charge in [-0.25, -0.2) is 0 Å². The molecule has 0 aliphatic rings. The third-order valence-corrected chi connectivity index (χ3v) is 3.53. The molecule has 2 nitrogen and oxygen atoms in total. The van der Waals surface area contributed by atoms with E-state index < -0.39 is 11.9 Å². The number of hydrogen-bond acceptors (Lipinski definition) is 2. The summed E-state index contributed by atoms with van der Waals surface area (Å²) in [4.78, 5) is 2.24. The molecular formula is C11H11F3N2S. The minimum atomic E-state index is -4.37. The number of rotatable bonds is 3. The quantitative estimate of drug-likeness (QED) is 0.824. The average Bonchev–Trinajstić information content (AvgIpc) is 2.86. The predicted octanol–water partition coefficient (Wildman–Crippen LogP) is 3.57. The molecule has 0 aliphatic heterocycles. The molecule has 0 N–H and O–H groups in total. The van der Waals surface area contributed by atoms with Crippen molar-refractivity contribution >= 4 is 11.3 Å². The Morgan fingerprint density at radius 3 is 2.47 bits per heavy atom. The molecule has 2 heterocycles. The lowest BCUT2D eigenvalue weighted by Gasteiger charge is -2.01. The molecule has 0 saturated carbocycles. The molecule has 92 valence electrons. The Bertz CT molecular complexity index is 499. The van der Waals surface area contributed by atoms with E-state index in [0.717, 1.165) is 17.4 Å². The summed E-state index contributed by atoms with van der Waals surface area (Å²) < 4.78 is 38.3. The van der Waals surface area contributed by atoms with E-state index in [2.05, 4.69) is 5.10 Å². The van der Waals surface area contributed by atoms with Crippen LogP contribution in [0.4, 0.5) is 13.2 Å². The molecule has 17 heavy (non-hydrogen) atoms. The maximum absolute atomic E-state index is 12.3. The predicted molar refractivity (Wildman–Crippen MR) is 60.0 cm³/mol. The topological polar surface area (TPSA) is 17.8 Å². The zero-order valence-electron chi connectivity index (χ0n) is 9.16. The summed E-state index contributed by atoms with van der Waals surface area (Å²) in [5.74, 6) is 0. The summed E-state index contributed by atoms with van der Waals surface area (Å²) in [5, 5.41) is 3.51. The second kappa shape index (κ2) is 4.52. The van der Waals surface area contributed by atoms with Crippen molar-refractivity contribution in [2.45, 2.75) is 26.1 Å². The van der Waals surface area contributed by atoms with E-state index in [-0.39, 0.29) is 0 Å². The SMILES string of the molecule is CCc1ccc(Cn2ccc(C(F)(F)F)n2)s1. The van der Waals surface area contributed by atoms with Gasteiger partial charge >= 0.3 is 6.18 Å². The van der Waals surface area contributed by atoms with Crippen LogP contribution in [0.25, 0.3) is 0 Å². The van der Waals surface area contributed by atoms with Crippen LogP contribution in [0.2, 0.25) is 0 Å². The monoisotopic (exact) mass is 260 g/mol. The van der Waals surface area contributed by atoms with Crippen molar-refractivity contribution in [3.8, 4) is 0 Å². The smallest absolute Gasteiger partial charge is 0.267 e. The van der Waals surface area contributed by atoms with E-state index in [0.29, 0.717) is 6.54 Å². The van der Waals surface area contributed by atoms with Crippen LogP contribution >= 0.6 is 11.3 Å². The van der Waals surface area contributed by atoms with Crippen LogP contribution < -0.4 is 0 Å². The Balaban J connectivity index is 2.11. The molecule has 0 bridgehead atoms. The Hall–Kier alpha value is -1.30. The van der Waals surface area contributed by atoms with Gasteiger partial charge in [-0.1, -0.05) is 6.92 Å². The zero-order chi connectivity index (χ0) is 12.5. The molecule has 0 unspecified atom stereocenters. The summed E-state index contributed by atoms with van der Waals surface area (Å²) >= 11 is 1.60. The Kier molecular flexibility index (Phi) is 3.24. The first-order valence-electron chi connectivity index (χ1n) is 5.17. The number of aromatic nitrogens is 2. The van der Waals surface area contributed by atoms with E-state index in [9.17, 15) is 13.2 Å². The number of hydrogen-bond donors (Lipinski definition) is 0. The number of nitrogens with zero attached hydrogens (tertiary/aromatic N) is 2. The van der Waals surface area contributed by atoms with Crippen LogP contribution in [0.1, 0.15) is 22.4 Å². The first-order chi connectivity index (χ1) is 7.99. The lowest BCUT2D eigenvalue weighted by atomic mass is 10.4. The second-order valence-corrected chi connectivity index (χ2v) is 4.87. The van der Waals surface area contributed by atoms with Crippen molar-refractivity contribution < 1.29 is 13.2 Å². The minimum Gasteiger partial charge on any atom is -0.267 e. The average molecular weight is 260 g/mol. The van der Waals surface area contributed by atoms with Crippen molar-refractivity contribution in [2.75, 3.05) is 0 Å². The van der Waals surface area contributed by atoms with Crippen LogP contribution in [0.3, 0.4) is 0 Å². The third-order valence-electron chi connectivity index (χ3n) is 2.31. The minimum absolute atomic E-state index is 0.390. The van der Waals surface area contributed by atoms with Crippen LogP contribution in [0.15, 0.2) is 24.4 Å². The molecule has 2 rings (SSSR count). The second-order valence-electron chi connectivity index (χ2n) is 3.62. The number of halogens is 3. The summed E-state index contributed by atoms with van der Waals surface area (Å²) in [7, 11) is 0. The van der Waals surface area contributed by atoms with Gasteiger partial charge in [0.1, 0.15) is 0 Å². The molecule has 0 spiro atoms. The molecule has 2 aromatic rings. The molecule has 0 amide bonds. The van der Waals surface area contributed by atoms with Crippen molar-refractivity contribution in [1.29, 1.82) is 0 Å². The molecule has 2 aromatic heterocycles. The normalized spacial score (nSPS) is 12.0. The molecule has 0 fully saturated rings. The van der Waals surface area contributed by atoms with Gasteiger partial charge in [0.25, 0.3) is 0 Å². The Labute approximate surface area is 101 Å². The number of thiophene rings is 1. The van der Waals surface area contributed by atoms with E-state index >= 15 is 0 Å². The molecular weight excluding hydrogens is 249 g/mol. The van der Waals surface area contributed by atoms with E-state index in [1.165, 1.54) is 15.8 Å². The first-order valence-corrected chi connectivity index (χ1v) is 5.99. The summed E-state index contributed by atoms with van der Waals surface area (Å²) in [6.45, 7) is 2.44. The fraction of sp³-hybridized carbons (Fsp3) is 0.364. The van der Waals surface area contributed by atoms with Gasteiger partial charge in [-0.15, -0.1) is 11.3 Å². The lowest BCUT2D eigenvalue weighted by molar-refractivity contribution is -0.141. The van der Waals surface area contributed by atoms with Gasteiger partial charge in [0.15, 0.2) is 5.69 Å². The van der Waals surface area contributed by atoms with E-state index in [1.807, 2.05) is 19.1 Å². The highest BCUT2D eigenvalue weighted by Crippen LogP contribution is 2.27. The van der Waals surface area contributed by atoms with Gasteiger partial charge in [0, 0.05) is 16.0 Å². The summed E-state index contributed by atoms with van der Waals surface area (Å²) in [5.41, 5.74) is -0.843. The van der Waals surface area contributed by atoms with E-state index in [4.69, 9.17) is 0 Å². The van der Waals surface area contributed by atoms with Gasteiger partial charge < -0.3 is 0 Å². The highest BCUT2D eigenvalue weighted by molar-refractivity contribution is 7.11. The van der Waals surface area contributed by atoms with Crippen LogP contribution in [-0.2, 0) is 19.1 Å². The van der Waals surface area contributed by atoms with E-state index in [1.54, 1.807) is 11.3 Å². The fourth-order valence-electron chi connectivity index (χ4n) is 1.46. The van der Waals surface area contributed by atoms with Crippen molar-refractivity contribution in [3.63, 3.8) is 0 Å². The maximum atomic E-state index is 12.3. The van der Waals surface area contributed by atoms with Crippen LogP contribution in [0, 0.1) is 0 Å². The largest absolute Gasteiger partial charge is 0.435 e. The first kappa shape index (κ1) is 12.2. The lowest BCUT2D eigenvalue weighted by Crippen LogP contribution is -2.08. The van der Waals surface area contributed by atoms with Crippen LogP contribution in [0.5, 0.6) is 0 Å². The molecule has 0 atom stereocenters. The maximum Gasteiger partial charge on any atom is 0.435 e. The Morgan fingerprint density at radius 1 is 1.24 bits per heavy atom. The van der Waals surface area contributed by atoms with Crippen LogP contribution in [-0.4, -0.2) is 9.78 Å². The highest BCUT2D eigenvalue weighted by atomic mass is 32.1. The number of aryl methyl sites for hydroxylation is 1. The highest BCUT2D eigenvalue weighted by Gasteiger charge is 2.33. The van der Waals surface area contributed by atoms with Crippen molar-refractivity contribution in [2.24, 2.45) is 0 Å². The molecule has 0 aromatic carbocycles. The zero-order valence-corrected chi connectivity index (χ0v) is 9.98. The number of alkyl halides is 3. The van der Waals surface area contributed by atoms with Gasteiger partial charge in [-0.2, -0.15) is 18.3 Å². The summed E-state index contributed by atoms with van der Waals surface area (Å²) in [6.07, 6.45) is -2.07. The molecule has 6 heteroatoms. The van der Waals surface area contributed by atoms with Crippen molar-refractivity contribution in [3.05, 3.63) is 39.8 Å². The Morgan fingerprint density at radius 2 is 1.94 bits per heavy atom. The van der Waals surface area contributed by atoms with Gasteiger partial charge in [-0.3, -0.25) is 4.68 Å². The third kappa shape index (κ3) is 2.88. The molecule has 0 radical (unpaired) electrons. The molecule has 0 saturated heterocycles. The van der Waals surface area contributed by atoms with Gasteiger partial charge in [-0.05, 0) is 24.6 Å². The standard InChI is InChI=1S/C11H11F3N2S/c1-2-8-3-4-9(17-8)7-16-6-5-10(15-16)11(12,13)14/h3-6H,2,7H2,1H3. The molecule has 0 aliphatic carbocycles. The summed E-state index contributed by atoms with van der Waals surface area (Å²) in [6, 6.07) is 4.92. The van der Waals surface area contributed by atoms with Crippen molar-refractivity contribution in [1.82, 2.24) is 9.78 Å².